The molecule has 0 saturated carbocycles. The number of nitrogens with zero attached hydrogens (tertiary/aromatic N) is 3. The Morgan fingerprint density at radius 1 is 1.08 bits per heavy atom. The first kappa shape index (κ1) is 20.0. The maximum Gasteiger partial charge on any atom is 0.206 e. The van der Waals surface area contributed by atoms with E-state index < -0.39 is 11.5 Å². The number of hydrogen-bond donors (Lipinski definition) is 3. The maximum atomic E-state index is 9.99. The summed E-state index contributed by atoms with van der Waals surface area (Å²) in [4.78, 5) is 5.55. The Morgan fingerprint density at radius 2 is 1.73 bits per heavy atom. The van der Waals surface area contributed by atoms with Crippen LogP contribution in [-0.2, 0) is 5.41 Å². The van der Waals surface area contributed by atoms with Gasteiger partial charge in [-0.1, -0.05) is 34.6 Å². The Hall–Kier alpha value is -2.28. The van der Waals surface area contributed by atoms with Crippen molar-refractivity contribution in [3.63, 3.8) is 0 Å². The van der Waals surface area contributed by atoms with Crippen LogP contribution in [0.2, 0.25) is 0 Å². The van der Waals surface area contributed by atoms with Crippen LogP contribution in [0.3, 0.4) is 0 Å². The predicted molar refractivity (Wildman–Crippen MR) is 105 cm³/mol. The molecule has 3 N–H and O–H groups in total. The summed E-state index contributed by atoms with van der Waals surface area (Å²) in [5.74, 6) is -0.931. The standard InChI is InChI=1S/C19H27N3O3S/c1-11(2)12(3)21-18-22(15(10-26-18)19(4,5)6)20-9-13-7-8-14(23)17(25)16(13)24/h7-12,23-25H,1-6H3/b20-9+,21-18?. The predicted octanol–water partition coefficient (Wildman–Crippen LogP) is 3.79. The van der Waals surface area contributed by atoms with Crippen molar-refractivity contribution in [2.24, 2.45) is 16.0 Å². The lowest BCUT2D eigenvalue weighted by Gasteiger charge is -2.18. The molecule has 7 heteroatoms. The van der Waals surface area contributed by atoms with Crippen LogP contribution in [-0.4, -0.2) is 32.3 Å². The lowest BCUT2D eigenvalue weighted by Crippen LogP contribution is -2.24. The third kappa shape index (κ3) is 4.27. The lowest BCUT2D eigenvalue weighted by atomic mass is 9.93. The highest BCUT2D eigenvalue weighted by molar-refractivity contribution is 7.07. The summed E-state index contributed by atoms with van der Waals surface area (Å²) in [5, 5.41) is 35.7. The van der Waals surface area contributed by atoms with E-state index in [0.717, 1.165) is 10.5 Å². The molecule has 2 rings (SSSR count). The molecule has 1 aromatic heterocycles. The average molecular weight is 378 g/mol. The lowest BCUT2D eigenvalue weighted by molar-refractivity contribution is 0.367. The van der Waals surface area contributed by atoms with E-state index in [9.17, 15) is 15.3 Å². The molecule has 1 heterocycles. The first-order valence-electron chi connectivity index (χ1n) is 8.55. The third-order valence-corrected chi connectivity index (χ3v) is 5.04. The van der Waals surface area contributed by atoms with Crippen LogP contribution in [0.25, 0.3) is 0 Å². The van der Waals surface area contributed by atoms with Crippen LogP contribution in [0.5, 0.6) is 17.2 Å². The van der Waals surface area contributed by atoms with E-state index in [1.807, 2.05) is 5.38 Å². The number of aromatic nitrogens is 1. The molecule has 26 heavy (non-hydrogen) atoms. The van der Waals surface area contributed by atoms with Crippen molar-refractivity contribution >= 4 is 17.6 Å². The van der Waals surface area contributed by atoms with Gasteiger partial charge in [0.2, 0.25) is 10.6 Å². The highest BCUT2D eigenvalue weighted by Gasteiger charge is 2.20. The highest BCUT2D eigenvalue weighted by atomic mass is 32.1. The van der Waals surface area contributed by atoms with E-state index in [1.165, 1.54) is 29.7 Å². The topological polar surface area (TPSA) is 90.3 Å². The molecule has 0 aliphatic rings. The van der Waals surface area contributed by atoms with Crippen molar-refractivity contribution in [2.75, 3.05) is 0 Å². The van der Waals surface area contributed by atoms with Crippen molar-refractivity contribution < 1.29 is 15.3 Å². The Kier molecular flexibility index (Phi) is 5.81. The van der Waals surface area contributed by atoms with E-state index in [-0.39, 0.29) is 17.2 Å². The molecule has 0 aliphatic carbocycles. The van der Waals surface area contributed by atoms with E-state index in [0.29, 0.717) is 11.5 Å². The summed E-state index contributed by atoms with van der Waals surface area (Å²) in [6.45, 7) is 12.6. The van der Waals surface area contributed by atoms with Crippen LogP contribution in [0.1, 0.15) is 52.8 Å². The highest BCUT2D eigenvalue weighted by Crippen LogP contribution is 2.36. The molecule has 1 atom stereocenters. The summed E-state index contributed by atoms with van der Waals surface area (Å²) in [6, 6.07) is 2.95. The average Bonchev–Trinajstić information content (AvgIpc) is 2.94. The summed E-state index contributed by atoms with van der Waals surface area (Å²) in [7, 11) is 0. The fourth-order valence-corrected chi connectivity index (χ4v) is 3.28. The van der Waals surface area contributed by atoms with Gasteiger partial charge in [0.05, 0.1) is 18.0 Å². The maximum absolute atomic E-state index is 9.99. The minimum Gasteiger partial charge on any atom is -0.504 e. The number of rotatable bonds is 4. The third-order valence-electron chi connectivity index (χ3n) is 4.21. The first-order valence-corrected chi connectivity index (χ1v) is 9.43. The fraction of sp³-hybridized carbons (Fsp3) is 0.474. The Balaban J connectivity index is 2.57. The summed E-state index contributed by atoms with van der Waals surface area (Å²) >= 11 is 1.52. The van der Waals surface area contributed by atoms with Crippen molar-refractivity contribution in [3.8, 4) is 17.2 Å². The molecule has 0 bridgehead atoms. The normalized spacial score (nSPS) is 14.5. The molecular formula is C19H27N3O3S. The first-order chi connectivity index (χ1) is 12.0. The second kappa shape index (κ2) is 7.53. The largest absolute Gasteiger partial charge is 0.504 e. The van der Waals surface area contributed by atoms with Gasteiger partial charge in [0.25, 0.3) is 0 Å². The van der Waals surface area contributed by atoms with Gasteiger partial charge in [-0.05, 0) is 25.0 Å². The molecule has 142 valence electrons. The molecule has 6 nitrogen and oxygen atoms in total. The number of phenols is 3. The van der Waals surface area contributed by atoms with Gasteiger partial charge in [0.1, 0.15) is 0 Å². The SMILES string of the molecule is CC(C)C(C)N=c1scc(C(C)(C)C)n1/N=C/c1ccc(O)c(O)c1O. The van der Waals surface area contributed by atoms with Crippen LogP contribution in [0.4, 0.5) is 0 Å². The van der Waals surface area contributed by atoms with Gasteiger partial charge in [-0.25, -0.2) is 4.68 Å². The molecule has 0 fully saturated rings. The number of phenolic OH excluding ortho intramolecular Hbond substituents is 3. The zero-order valence-electron chi connectivity index (χ0n) is 16.1. The molecule has 0 radical (unpaired) electrons. The Bertz CT molecular complexity index is 873. The molecule has 0 saturated heterocycles. The van der Waals surface area contributed by atoms with Crippen LogP contribution in [0.15, 0.2) is 27.6 Å². The number of benzene rings is 1. The van der Waals surface area contributed by atoms with E-state index in [2.05, 4.69) is 46.6 Å². The van der Waals surface area contributed by atoms with Gasteiger partial charge in [0.15, 0.2) is 11.5 Å². The van der Waals surface area contributed by atoms with Crippen LogP contribution >= 0.6 is 11.3 Å². The van der Waals surface area contributed by atoms with Crippen LogP contribution in [0, 0.1) is 5.92 Å². The zero-order chi connectivity index (χ0) is 19.6. The molecule has 0 aliphatic heterocycles. The Morgan fingerprint density at radius 3 is 2.31 bits per heavy atom. The minimum atomic E-state index is -0.557. The van der Waals surface area contributed by atoms with Gasteiger partial charge in [-0.3, -0.25) is 4.99 Å². The monoisotopic (exact) mass is 377 g/mol. The fourth-order valence-electron chi connectivity index (χ4n) is 2.13. The van der Waals surface area contributed by atoms with Crippen molar-refractivity contribution in [1.29, 1.82) is 0 Å². The summed E-state index contributed by atoms with van der Waals surface area (Å²) in [5.41, 5.74) is 1.17. The zero-order valence-corrected chi connectivity index (χ0v) is 16.9. The van der Waals surface area contributed by atoms with Crippen molar-refractivity contribution in [1.82, 2.24) is 4.68 Å². The van der Waals surface area contributed by atoms with Gasteiger partial charge in [-0.2, -0.15) is 5.10 Å². The van der Waals surface area contributed by atoms with E-state index in [1.54, 1.807) is 4.68 Å². The van der Waals surface area contributed by atoms with Gasteiger partial charge >= 0.3 is 0 Å². The molecule has 1 aromatic carbocycles. The second-order valence-electron chi connectivity index (χ2n) is 7.69. The van der Waals surface area contributed by atoms with E-state index in [4.69, 9.17) is 4.99 Å². The number of thiazole rings is 1. The minimum absolute atomic E-state index is 0.137. The molecule has 1 unspecified atom stereocenters. The van der Waals surface area contributed by atoms with Gasteiger partial charge < -0.3 is 15.3 Å². The second-order valence-corrected chi connectivity index (χ2v) is 8.53. The molecule has 0 amide bonds. The smallest absolute Gasteiger partial charge is 0.206 e. The molecule has 0 spiro atoms. The molecule has 2 aromatic rings. The summed E-state index contributed by atoms with van der Waals surface area (Å²) < 4.78 is 1.77. The van der Waals surface area contributed by atoms with Crippen molar-refractivity contribution in [2.45, 2.75) is 53.0 Å². The van der Waals surface area contributed by atoms with E-state index >= 15 is 0 Å². The quantitative estimate of drug-likeness (QED) is 0.559. The molecular weight excluding hydrogens is 350 g/mol. The van der Waals surface area contributed by atoms with Gasteiger partial charge in [-0.15, -0.1) is 11.3 Å². The van der Waals surface area contributed by atoms with Crippen molar-refractivity contribution in [3.05, 3.63) is 33.6 Å². The Labute approximate surface area is 157 Å². The number of hydrogen-bond acceptors (Lipinski definition) is 6. The number of aromatic hydroxyl groups is 3. The summed E-state index contributed by atoms with van der Waals surface area (Å²) in [6.07, 6.45) is 1.45. The van der Waals surface area contributed by atoms with Gasteiger partial charge in [0, 0.05) is 16.4 Å². The van der Waals surface area contributed by atoms with Crippen LogP contribution < -0.4 is 4.80 Å².